The molecule has 3 rings (SSSR count). The predicted octanol–water partition coefficient (Wildman–Crippen LogP) is 6.94. The highest BCUT2D eigenvalue weighted by molar-refractivity contribution is 6.33. The molecular formula is C23H29ClN2. The molecule has 0 bridgehead atoms. The number of halogens is 1. The summed E-state index contributed by atoms with van der Waals surface area (Å²) in [4.78, 5) is 6.98. The van der Waals surface area contributed by atoms with E-state index in [0.717, 1.165) is 22.7 Å². The maximum Gasteiger partial charge on any atom is 0.0630 e. The molecule has 0 aliphatic carbocycles. The number of fused-ring (bicyclic) bond motifs is 1. The van der Waals surface area contributed by atoms with Crippen molar-refractivity contribution in [2.24, 2.45) is 4.99 Å². The fourth-order valence-electron chi connectivity index (χ4n) is 3.79. The number of hydrogen-bond acceptors (Lipinski definition) is 2. The van der Waals surface area contributed by atoms with Crippen LogP contribution in [0.15, 0.2) is 41.4 Å². The lowest BCUT2D eigenvalue weighted by Crippen LogP contribution is -2.45. The van der Waals surface area contributed by atoms with E-state index in [1.54, 1.807) is 0 Å². The van der Waals surface area contributed by atoms with Crippen molar-refractivity contribution in [2.45, 2.75) is 58.4 Å². The standard InChI is InChI=1S/C23H29ClN2/c1-15(2)17-7-9-19(10-8-17)25-14-18-11-20-16(3)13-23(4,5)26(6)22(20)12-21(18)24/h7-12,14-16H,13H2,1-6H3/t16-/m1/s1. The lowest BCUT2D eigenvalue weighted by molar-refractivity contribution is 0.395. The van der Waals surface area contributed by atoms with E-state index in [0.29, 0.717) is 11.8 Å². The average molecular weight is 369 g/mol. The number of benzene rings is 2. The summed E-state index contributed by atoms with van der Waals surface area (Å²) >= 11 is 6.58. The van der Waals surface area contributed by atoms with Gasteiger partial charge in [0.1, 0.15) is 0 Å². The van der Waals surface area contributed by atoms with Crippen molar-refractivity contribution in [1.82, 2.24) is 0 Å². The van der Waals surface area contributed by atoms with Gasteiger partial charge in [0, 0.05) is 30.1 Å². The minimum absolute atomic E-state index is 0.142. The summed E-state index contributed by atoms with van der Waals surface area (Å²) < 4.78 is 0. The third kappa shape index (κ3) is 3.66. The fourth-order valence-corrected chi connectivity index (χ4v) is 4.00. The molecule has 2 aromatic carbocycles. The quantitative estimate of drug-likeness (QED) is 0.536. The third-order valence-electron chi connectivity index (χ3n) is 5.66. The maximum atomic E-state index is 6.58. The van der Waals surface area contributed by atoms with Gasteiger partial charge in [0.15, 0.2) is 0 Å². The topological polar surface area (TPSA) is 15.6 Å². The molecule has 138 valence electrons. The second-order valence-corrected chi connectivity index (χ2v) is 8.82. The SMILES string of the molecule is CC(C)c1ccc(N=Cc2cc3c(cc2Cl)N(C)C(C)(C)C[C@H]3C)cc1. The predicted molar refractivity (Wildman–Crippen MR) is 115 cm³/mol. The summed E-state index contributed by atoms with van der Waals surface area (Å²) in [6, 6.07) is 12.7. The van der Waals surface area contributed by atoms with Crippen molar-refractivity contribution in [1.29, 1.82) is 0 Å². The molecule has 2 aromatic rings. The van der Waals surface area contributed by atoms with Crippen LogP contribution in [0.4, 0.5) is 11.4 Å². The van der Waals surface area contributed by atoms with Gasteiger partial charge in [-0.1, -0.05) is 44.5 Å². The van der Waals surface area contributed by atoms with Crippen molar-refractivity contribution < 1.29 is 0 Å². The molecule has 0 unspecified atom stereocenters. The van der Waals surface area contributed by atoms with Crippen LogP contribution in [0.5, 0.6) is 0 Å². The fraction of sp³-hybridized carbons (Fsp3) is 0.435. The van der Waals surface area contributed by atoms with Gasteiger partial charge in [-0.15, -0.1) is 0 Å². The van der Waals surface area contributed by atoms with Gasteiger partial charge >= 0.3 is 0 Å². The molecule has 0 N–H and O–H groups in total. The Bertz CT molecular complexity index is 819. The first kappa shape index (κ1) is 19.0. The lowest BCUT2D eigenvalue weighted by Gasteiger charge is -2.45. The molecule has 0 spiro atoms. The number of hydrogen-bond donors (Lipinski definition) is 0. The van der Waals surface area contributed by atoms with Crippen LogP contribution >= 0.6 is 11.6 Å². The zero-order chi connectivity index (χ0) is 19.1. The molecule has 3 heteroatoms. The molecule has 1 heterocycles. The molecule has 2 nitrogen and oxygen atoms in total. The van der Waals surface area contributed by atoms with E-state index in [1.807, 2.05) is 6.21 Å². The van der Waals surface area contributed by atoms with Crippen LogP contribution in [0, 0.1) is 0 Å². The van der Waals surface area contributed by atoms with E-state index in [9.17, 15) is 0 Å². The van der Waals surface area contributed by atoms with Gasteiger partial charge in [-0.2, -0.15) is 0 Å². The molecule has 1 aliphatic heterocycles. The first-order valence-electron chi connectivity index (χ1n) is 9.40. The monoisotopic (exact) mass is 368 g/mol. The molecule has 1 atom stereocenters. The Morgan fingerprint density at radius 3 is 2.46 bits per heavy atom. The lowest BCUT2D eigenvalue weighted by atomic mass is 9.80. The van der Waals surface area contributed by atoms with Gasteiger partial charge < -0.3 is 4.90 Å². The smallest absolute Gasteiger partial charge is 0.0630 e. The van der Waals surface area contributed by atoms with Gasteiger partial charge in [0.05, 0.1) is 10.7 Å². The summed E-state index contributed by atoms with van der Waals surface area (Å²) in [6.45, 7) is 11.3. The Labute approximate surface area is 162 Å². The van der Waals surface area contributed by atoms with Crippen LogP contribution in [0.3, 0.4) is 0 Å². The van der Waals surface area contributed by atoms with E-state index < -0.39 is 0 Å². The van der Waals surface area contributed by atoms with Crippen molar-refractivity contribution >= 4 is 29.2 Å². The third-order valence-corrected chi connectivity index (χ3v) is 5.99. The highest BCUT2D eigenvalue weighted by atomic mass is 35.5. The van der Waals surface area contributed by atoms with Gasteiger partial charge in [0.25, 0.3) is 0 Å². The minimum Gasteiger partial charge on any atom is -0.369 e. The molecule has 1 aliphatic rings. The molecule has 0 saturated carbocycles. The Morgan fingerprint density at radius 1 is 1.19 bits per heavy atom. The molecule has 0 radical (unpaired) electrons. The Balaban J connectivity index is 1.91. The Hall–Kier alpha value is -1.80. The Morgan fingerprint density at radius 2 is 1.85 bits per heavy atom. The second kappa shape index (κ2) is 7.08. The number of aliphatic imine (C=N–C) groups is 1. The Kier molecular flexibility index (Phi) is 5.16. The van der Waals surface area contributed by atoms with Crippen molar-refractivity contribution in [3.05, 3.63) is 58.1 Å². The minimum atomic E-state index is 0.142. The van der Waals surface area contributed by atoms with Gasteiger partial charge in [-0.05, 0) is 67.5 Å². The first-order chi connectivity index (χ1) is 12.2. The van der Waals surface area contributed by atoms with Crippen LogP contribution in [0.2, 0.25) is 5.02 Å². The van der Waals surface area contributed by atoms with Crippen LogP contribution in [0.25, 0.3) is 0 Å². The molecule has 0 aromatic heterocycles. The highest BCUT2D eigenvalue weighted by Gasteiger charge is 2.34. The molecule has 0 saturated heterocycles. The van der Waals surface area contributed by atoms with E-state index >= 15 is 0 Å². The van der Waals surface area contributed by atoms with Crippen LogP contribution in [0.1, 0.15) is 69.6 Å². The second-order valence-electron chi connectivity index (χ2n) is 8.41. The first-order valence-corrected chi connectivity index (χ1v) is 9.78. The van der Waals surface area contributed by atoms with Crippen molar-refractivity contribution in [2.75, 3.05) is 11.9 Å². The highest BCUT2D eigenvalue weighted by Crippen LogP contribution is 2.44. The van der Waals surface area contributed by atoms with E-state index in [2.05, 4.69) is 88.0 Å². The normalized spacial score (nSPS) is 19.2. The van der Waals surface area contributed by atoms with E-state index in [-0.39, 0.29) is 5.54 Å². The molecule has 0 fully saturated rings. The van der Waals surface area contributed by atoms with Gasteiger partial charge in [-0.3, -0.25) is 4.99 Å². The van der Waals surface area contributed by atoms with Gasteiger partial charge in [-0.25, -0.2) is 0 Å². The molecule has 0 amide bonds. The van der Waals surface area contributed by atoms with Crippen LogP contribution in [-0.4, -0.2) is 18.8 Å². The summed E-state index contributed by atoms with van der Waals surface area (Å²) in [5.41, 5.74) is 6.00. The van der Waals surface area contributed by atoms with E-state index in [1.165, 1.54) is 16.8 Å². The van der Waals surface area contributed by atoms with Gasteiger partial charge in [0.2, 0.25) is 0 Å². The molecular weight excluding hydrogens is 340 g/mol. The maximum absolute atomic E-state index is 6.58. The average Bonchev–Trinajstić information content (AvgIpc) is 2.58. The number of rotatable bonds is 3. The van der Waals surface area contributed by atoms with Crippen molar-refractivity contribution in [3.63, 3.8) is 0 Å². The van der Waals surface area contributed by atoms with Crippen molar-refractivity contribution in [3.8, 4) is 0 Å². The van der Waals surface area contributed by atoms with Crippen LogP contribution < -0.4 is 4.90 Å². The molecule has 26 heavy (non-hydrogen) atoms. The zero-order valence-corrected chi connectivity index (χ0v) is 17.4. The summed E-state index contributed by atoms with van der Waals surface area (Å²) in [6.07, 6.45) is 3.02. The largest absolute Gasteiger partial charge is 0.369 e. The van der Waals surface area contributed by atoms with E-state index in [4.69, 9.17) is 11.6 Å². The summed E-state index contributed by atoms with van der Waals surface area (Å²) in [7, 11) is 2.16. The number of anilines is 1. The summed E-state index contributed by atoms with van der Waals surface area (Å²) in [5.74, 6) is 1.04. The number of nitrogens with zero attached hydrogens (tertiary/aromatic N) is 2. The zero-order valence-electron chi connectivity index (χ0n) is 16.7. The summed E-state index contributed by atoms with van der Waals surface area (Å²) in [5, 5.41) is 0.753. The van der Waals surface area contributed by atoms with Crippen LogP contribution in [-0.2, 0) is 0 Å².